The maximum absolute atomic E-state index is 6.75. The first kappa shape index (κ1) is 31.5. The Hall–Kier alpha value is -7.68. The highest BCUT2D eigenvalue weighted by Crippen LogP contribution is 2.53. The van der Waals surface area contributed by atoms with Gasteiger partial charge in [0.15, 0.2) is 0 Å². The average Bonchev–Trinajstić information content (AvgIpc) is 3.28. The van der Waals surface area contributed by atoms with Gasteiger partial charge in [-0.3, -0.25) is 0 Å². The molecule has 13 rings (SSSR count). The first-order valence-electron chi connectivity index (χ1n) is 19.9. The van der Waals surface area contributed by atoms with Gasteiger partial charge in [0.2, 0.25) is 0 Å². The fourth-order valence-electron chi connectivity index (χ4n) is 9.94. The minimum absolute atomic E-state index is 0.876. The molecule has 0 N–H and O–H groups in total. The average molecular weight is 737 g/mol. The Labute approximate surface area is 334 Å². The zero-order valence-corrected chi connectivity index (χ0v) is 31.3. The summed E-state index contributed by atoms with van der Waals surface area (Å²) < 4.78 is 13.3. The highest BCUT2D eigenvalue weighted by atomic mass is 16.5. The van der Waals surface area contributed by atoms with Gasteiger partial charge < -0.3 is 9.47 Å². The Kier molecular flexibility index (Phi) is 6.47. The van der Waals surface area contributed by atoms with E-state index in [0.29, 0.717) is 0 Å². The second-order valence-corrected chi connectivity index (χ2v) is 15.5. The lowest BCUT2D eigenvalue weighted by molar-refractivity contribution is 0.487. The summed E-state index contributed by atoms with van der Waals surface area (Å²) in [5.41, 5.74) is 11.8. The first-order valence-corrected chi connectivity index (χ1v) is 19.9. The Balaban J connectivity index is 1.12. The highest BCUT2D eigenvalue weighted by molar-refractivity contribution is 6.25. The number of hydrogen-bond acceptors (Lipinski definition) is 2. The van der Waals surface area contributed by atoms with Crippen LogP contribution in [0.1, 0.15) is 0 Å². The van der Waals surface area contributed by atoms with E-state index in [1.165, 1.54) is 87.4 Å². The fourth-order valence-corrected chi connectivity index (χ4v) is 9.94. The van der Waals surface area contributed by atoms with Gasteiger partial charge in [-0.15, -0.1) is 0 Å². The number of hydrogen-bond donors (Lipinski definition) is 0. The third-order valence-corrected chi connectivity index (χ3v) is 12.4. The predicted molar refractivity (Wildman–Crippen MR) is 241 cm³/mol. The summed E-state index contributed by atoms with van der Waals surface area (Å²) in [5, 5.41) is 11.9. The van der Waals surface area contributed by atoms with E-state index in [4.69, 9.17) is 9.47 Å². The van der Waals surface area contributed by atoms with E-state index in [1.54, 1.807) is 0 Å². The quantitative estimate of drug-likeness (QED) is 0.168. The van der Waals surface area contributed by atoms with E-state index in [9.17, 15) is 0 Å². The van der Waals surface area contributed by atoms with Crippen LogP contribution >= 0.6 is 0 Å². The van der Waals surface area contributed by atoms with Crippen molar-refractivity contribution >= 4 is 53.9 Å². The summed E-state index contributed by atoms with van der Waals surface area (Å²) in [6, 6.07) is 70.4. The zero-order valence-electron chi connectivity index (χ0n) is 31.3. The third-order valence-electron chi connectivity index (χ3n) is 12.4. The SMILES string of the molecule is c1ccc2c(c1)Oc1cccc3c(-c4c5ccccc5c(-c5ccc6c(c5)Oc5cccc7cccc-6c57)c5ccc(-c6cccc7ccccc67)cc45)ccc-2c13. The predicted octanol–water partition coefficient (Wildman–Crippen LogP) is 16.0. The lowest BCUT2D eigenvalue weighted by Gasteiger charge is -2.25. The molecule has 0 unspecified atom stereocenters. The van der Waals surface area contributed by atoms with E-state index >= 15 is 0 Å². The number of rotatable bonds is 3. The van der Waals surface area contributed by atoms with Gasteiger partial charge in [-0.1, -0.05) is 158 Å². The normalized spacial score (nSPS) is 12.4. The molecule has 2 aliphatic heterocycles. The largest absolute Gasteiger partial charge is 0.456 e. The van der Waals surface area contributed by atoms with Crippen molar-refractivity contribution in [1.29, 1.82) is 0 Å². The van der Waals surface area contributed by atoms with Crippen LogP contribution in [-0.2, 0) is 0 Å². The number of benzene rings is 11. The molecule has 0 atom stereocenters. The first-order chi connectivity index (χ1) is 28.8. The molecule has 2 heterocycles. The van der Waals surface area contributed by atoms with Crippen molar-refractivity contribution in [2.45, 2.75) is 0 Å². The minimum Gasteiger partial charge on any atom is -0.456 e. The molecular formula is C56H32O2. The molecule has 11 aromatic rings. The van der Waals surface area contributed by atoms with E-state index in [-0.39, 0.29) is 0 Å². The lowest BCUT2D eigenvalue weighted by Crippen LogP contribution is -1.99. The van der Waals surface area contributed by atoms with Crippen LogP contribution in [0.15, 0.2) is 194 Å². The van der Waals surface area contributed by atoms with Gasteiger partial charge in [-0.2, -0.15) is 0 Å². The van der Waals surface area contributed by atoms with Crippen molar-refractivity contribution in [3.05, 3.63) is 194 Å². The van der Waals surface area contributed by atoms with Crippen LogP contribution in [0.3, 0.4) is 0 Å². The Bertz CT molecular complexity index is 3570. The molecule has 0 saturated carbocycles. The van der Waals surface area contributed by atoms with E-state index in [2.05, 4.69) is 188 Å². The molecule has 2 nitrogen and oxygen atoms in total. The van der Waals surface area contributed by atoms with Crippen LogP contribution < -0.4 is 9.47 Å². The van der Waals surface area contributed by atoms with Crippen LogP contribution in [0, 0.1) is 0 Å². The Morgan fingerprint density at radius 3 is 1.67 bits per heavy atom. The van der Waals surface area contributed by atoms with Crippen molar-refractivity contribution in [3.8, 4) is 78.6 Å². The molecule has 0 bridgehead atoms. The van der Waals surface area contributed by atoms with Crippen molar-refractivity contribution in [1.82, 2.24) is 0 Å². The standard InChI is InChI=1S/C56H32O2/c1-2-15-37-33(11-1)12-7-19-38(37)35-25-28-47-48(31-35)55(46-30-29-45-39-16-5-6-22-49(39)57-51-24-10-21-44(46)56(45)51)43-18-4-3-17-42(43)53(47)36-26-27-40-41-20-8-13-34-14-9-23-50(54(34)41)58-52(40)32-36/h1-32H. The van der Waals surface area contributed by atoms with Crippen molar-refractivity contribution < 1.29 is 9.47 Å². The molecule has 268 valence electrons. The second kappa shape index (κ2) is 11.9. The molecule has 0 spiro atoms. The summed E-state index contributed by atoms with van der Waals surface area (Å²) in [5.74, 6) is 3.56. The van der Waals surface area contributed by atoms with Gasteiger partial charge >= 0.3 is 0 Å². The number of para-hydroxylation sites is 1. The summed E-state index contributed by atoms with van der Waals surface area (Å²) in [6.07, 6.45) is 0. The molecule has 0 saturated heterocycles. The van der Waals surface area contributed by atoms with Crippen LogP contribution in [0.25, 0.3) is 109 Å². The second-order valence-electron chi connectivity index (χ2n) is 15.5. The summed E-state index contributed by atoms with van der Waals surface area (Å²) in [6.45, 7) is 0. The molecule has 2 heteroatoms. The van der Waals surface area contributed by atoms with E-state index in [1.807, 2.05) is 6.07 Å². The highest BCUT2D eigenvalue weighted by Gasteiger charge is 2.26. The van der Waals surface area contributed by atoms with Crippen molar-refractivity contribution in [2.24, 2.45) is 0 Å². The number of ether oxygens (including phenoxy) is 2. The van der Waals surface area contributed by atoms with Gasteiger partial charge in [-0.05, 0) is 124 Å². The van der Waals surface area contributed by atoms with Gasteiger partial charge in [0.1, 0.15) is 23.0 Å². The Morgan fingerprint density at radius 2 is 0.776 bits per heavy atom. The minimum atomic E-state index is 0.876. The molecule has 0 aliphatic carbocycles. The molecule has 11 aromatic carbocycles. The number of fused-ring (bicyclic) bond motifs is 7. The maximum Gasteiger partial charge on any atom is 0.135 e. The monoisotopic (exact) mass is 736 g/mol. The van der Waals surface area contributed by atoms with Crippen LogP contribution in [0.4, 0.5) is 0 Å². The molecule has 2 aliphatic rings. The Morgan fingerprint density at radius 1 is 0.241 bits per heavy atom. The third kappa shape index (κ3) is 4.43. The molecule has 58 heavy (non-hydrogen) atoms. The maximum atomic E-state index is 6.75. The molecule has 0 fully saturated rings. The van der Waals surface area contributed by atoms with E-state index < -0.39 is 0 Å². The van der Waals surface area contributed by atoms with Gasteiger partial charge in [0, 0.05) is 21.9 Å². The van der Waals surface area contributed by atoms with Gasteiger partial charge in [0.25, 0.3) is 0 Å². The molecular weight excluding hydrogens is 705 g/mol. The fraction of sp³-hybridized carbons (Fsp3) is 0. The van der Waals surface area contributed by atoms with Crippen molar-refractivity contribution in [2.75, 3.05) is 0 Å². The summed E-state index contributed by atoms with van der Waals surface area (Å²) in [7, 11) is 0. The van der Waals surface area contributed by atoms with Gasteiger partial charge in [0.05, 0.1) is 0 Å². The van der Waals surface area contributed by atoms with Crippen LogP contribution in [0.5, 0.6) is 23.0 Å². The zero-order chi connectivity index (χ0) is 37.9. The topological polar surface area (TPSA) is 18.5 Å². The van der Waals surface area contributed by atoms with Crippen LogP contribution in [0.2, 0.25) is 0 Å². The summed E-state index contributed by atoms with van der Waals surface area (Å²) in [4.78, 5) is 0. The lowest BCUT2D eigenvalue weighted by atomic mass is 9.82. The summed E-state index contributed by atoms with van der Waals surface area (Å²) >= 11 is 0. The molecule has 0 amide bonds. The molecule has 0 radical (unpaired) electrons. The van der Waals surface area contributed by atoms with Gasteiger partial charge in [-0.25, -0.2) is 0 Å². The molecule has 0 aromatic heterocycles. The van der Waals surface area contributed by atoms with E-state index in [0.717, 1.165) is 45.1 Å². The van der Waals surface area contributed by atoms with Crippen molar-refractivity contribution in [3.63, 3.8) is 0 Å². The smallest absolute Gasteiger partial charge is 0.135 e. The van der Waals surface area contributed by atoms with Crippen LogP contribution in [-0.4, -0.2) is 0 Å².